The highest BCUT2D eigenvalue weighted by atomic mass is 16.6. The number of carbonyl (C=O) groups excluding carboxylic acids is 3. The van der Waals surface area contributed by atoms with Crippen LogP contribution in [0.15, 0.2) is 30.3 Å². The van der Waals surface area contributed by atoms with Crippen LogP contribution in [0.3, 0.4) is 0 Å². The normalized spacial score (nSPS) is 22.6. The molecule has 0 aromatic heterocycles. The first-order valence-electron chi connectivity index (χ1n) is 13.3. The average molecular weight is 516 g/mol. The molecule has 206 valence electrons. The second-order valence-electron chi connectivity index (χ2n) is 13.4. The quantitative estimate of drug-likeness (QED) is 0.533. The molecular formula is C29H45N3O5. The van der Waals surface area contributed by atoms with Crippen LogP contribution in [0, 0.1) is 0 Å². The fraction of sp³-hybridized carbons (Fsp3) is 0.690. The summed E-state index contributed by atoms with van der Waals surface area (Å²) in [6, 6.07) is 8.65. The highest BCUT2D eigenvalue weighted by Gasteiger charge is 2.41. The molecule has 2 aliphatic heterocycles. The first kappa shape index (κ1) is 29.1. The fourth-order valence-electron chi connectivity index (χ4n) is 6.34. The molecule has 37 heavy (non-hydrogen) atoms. The van der Waals surface area contributed by atoms with Gasteiger partial charge in [0.1, 0.15) is 25.3 Å². The molecule has 8 nitrogen and oxygen atoms in total. The molecule has 2 saturated heterocycles. The number of hydrogen-bond acceptors (Lipinski definition) is 7. The van der Waals surface area contributed by atoms with E-state index < -0.39 is 17.8 Å². The Kier molecular flexibility index (Phi) is 8.44. The van der Waals surface area contributed by atoms with E-state index in [1.54, 1.807) is 24.3 Å². The molecule has 1 amide bonds. The molecule has 2 N–H and O–H groups in total. The second kappa shape index (κ2) is 10.7. The van der Waals surface area contributed by atoms with Gasteiger partial charge in [0.05, 0.1) is 0 Å². The summed E-state index contributed by atoms with van der Waals surface area (Å²) in [6.45, 7) is 16.0. The van der Waals surface area contributed by atoms with Crippen LogP contribution in [-0.4, -0.2) is 70.2 Å². The van der Waals surface area contributed by atoms with E-state index in [1.807, 2.05) is 6.07 Å². The predicted molar refractivity (Wildman–Crippen MR) is 143 cm³/mol. The molecule has 1 aromatic carbocycles. The molecule has 2 fully saturated rings. The van der Waals surface area contributed by atoms with Crippen LogP contribution < -0.4 is 10.6 Å². The van der Waals surface area contributed by atoms with Crippen molar-refractivity contribution in [3.63, 3.8) is 0 Å². The average Bonchev–Trinajstić information content (AvgIpc) is 2.68. The predicted octanol–water partition coefficient (Wildman–Crippen LogP) is 3.83. The number of carbonyl (C=O) groups is 3. The van der Waals surface area contributed by atoms with Crippen molar-refractivity contribution in [1.82, 2.24) is 15.5 Å². The Morgan fingerprint density at radius 2 is 1.05 bits per heavy atom. The van der Waals surface area contributed by atoms with E-state index in [0.29, 0.717) is 31.2 Å². The highest BCUT2D eigenvalue weighted by molar-refractivity contribution is 5.97. The Morgan fingerprint density at radius 3 is 1.41 bits per heavy atom. The Bertz CT molecular complexity index is 901. The van der Waals surface area contributed by atoms with Crippen LogP contribution in [0.2, 0.25) is 0 Å². The van der Waals surface area contributed by atoms with E-state index in [-0.39, 0.29) is 47.5 Å². The molecular weight excluding hydrogens is 470 g/mol. The fourth-order valence-corrected chi connectivity index (χ4v) is 6.34. The van der Waals surface area contributed by atoms with Gasteiger partial charge < -0.3 is 25.0 Å². The minimum absolute atomic E-state index is 0.188. The van der Waals surface area contributed by atoms with Crippen molar-refractivity contribution in [2.75, 3.05) is 13.1 Å². The molecule has 0 saturated carbocycles. The highest BCUT2D eigenvalue weighted by Crippen LogP contribution is 2.31. The van der Waals surface area contributed by atoms with Crippen LogP contribution in [-0.2, 0) is 19.1 Å². The molecule has 2 heterocycles. The maximum absolute atomic E-state index is 13.3. The van der Waals surface area contributed by atoms with Crippen LogP contribution in [0.25, 0.3) is 0 Å². The minimum Gasteiger partial charge on any atom is -0.461 e. The molecule has 0 bridgehead atoms. The van der Waals surface area contributed by atoms with E-state index in [9.17, 15) is 14.4 Å². The third-order valence-electron chi connectivity index (χ3n) is 6.85. The first-order valence-corrected chi connectivity index (χ1v) is 13.3. The second-order valence-corrected chi connectivity index (χ2v) is 13.4. The van der Waals surface area contributed by atoms with E-state index in [0.717, 1.165) is 0 Å². The summed E-state index contributed by atoms with van der Waals surface area (Å²) in [5.74, 6) is -1.47. The zero-order valence-corrected chi connectivity index (χ0v) is 23.8. The molecule has 8 heteroatoms. The number of benzene rings is 1. The van der Waals surface area contributed by atoms with Gasteiger partial charge in [0.2, 0.25) is 0 Å². The van der Waals surface area contributed by atoms with Gasteiger partial charge in [-0.15, -0.1) is 0 Å². The van der Waals surface area contributed by atoms with Gasteiger partial charge in [0.15, 0.2) is 0 Å². The van der Waals surface area contributed by atoms with Crippen LogP contribution in [0.5, 0.6) is 0 Å². The van der Waals surface area contributed by atoms with Crippen molar-refractivity contribution in [3.05, 3.63) is 35.9 Å². The maximum atomic E-state index is 13.3. The van der Waals surface area contributed by atoms with Gasteiger partial charge in [-0.25, -0.2) is 0 Å². The van der Waals surface area contributed by atoms with Crippen molar-refractivity contribution in [1.29, 1.82) is 0 Å². The topological polar surface area (TPSA) is 97.0 Å². The van der Waals surface area contributed by atoms with Crippen LogP contribution >= 0.6 is 0 Å². The van der Waals surface area contributed by atoms with E-state index >= 15 is 0 Å². The molecule has 0 atom stereocenters. The van der Waals surface area contributed by atoms with Crippen LogP contribution in [0.4, 0.5) is 0 Å². The lowest BCUT2D eigenvalue weighted by molar-refractivity contribution is -0.157. The molecule has 3 rings (SSSR count). The van der Waals surface area contributed by atoms with Crippen molar-refractivity contribution in [2.24, 2.45) is 0 Å². The van der Waals surface area contributed by atoms with Gasteiger partial charge in [-0.2, -0.15) is 0 Å². The molecule has 0 unspecified atom stereocenters. The van der Waals surface area contributed by atoms with Gasteiger partial charge >= 0.3 is 11.9 Å². The number of amides is 1. The van der Waals surface area contributed by atoms with Gasteiger partial charge in [-0.05, 0) is 67.5 Å². The molecule has 0 radical (unpaired) electrons. The lowest BCUT2D eigenvalue weighted by Crippen LogP contribution is -2.60. The number of nitrogens with one attached hydrogen (secondary N) is 2. The lowest BCUT2D eigenvalue weighted by atomic mass is 9.81. The summed E-state index contributed by atoms with van der Waals surface area (Å²) in [6.07, 6.45) is 2.10. The van der Waals surface area contributed by atoms with Gasteiger partial charge in [-0.3, -0.25) is 14.4 Å². The number of piperidine rings is 2. The summed E-state index contributed by atoms with van der Waals surface area (Å²) in [4.78, 5) is 40.6. The number of hydrogen-bond donors (Lipinski definition) is 2. The number of rotatable bonds is 7. The van der Waals surface area contributed by atoms with Gasteiger partial charge in [0.25, 0.3) is 5.91 Å². The van der Waals surface area contributed by atoms with Crippen molar-refractivity contribution in [3.8, 4) is 0 Å². The Morgan fingerprint density at radius 1 is 0.703 bits per heavy atom. The largest absolute Gasteiger partial charge is 0.461 e. The minimum atomic E-state index is -0.528. The maximum Gasteiger partial charge on any atom is 0.325 e. The van der Waals surface area contributed by atoms with Gasteiger partial charge in [-0.1, -0.05) is 18.2 Å². The molecule has 2 aliphatic rings. The molecule has 0 aliphatic carbocycles. The summed E-state index contributed by atoms with van der Waals surface area (Å²) in [7, 11) is 0. The molecule has 0 spiro atoms. The van der Waals surface area contributed by atoms with E-state index in [1.165, 1.54) is 4.90 Å². The summed E-state index contributed by atoms with van der Waals surface area (Å²) in [5.41, 5.74) is -0.353. The summed E-state index contributed by atoms with van der Waals surface area (Å²) in [5, 5.41) is 7.14. The SMILES string of the molecule is CC1(C)CC(OC(=O)CN(CC(=O)OC2CC(C)(C)NC(C)(C)C2)C(=O)c2ccccc2)CC(C)(C)N1. The third-order valence-corrected chi connectivity index (χ3v) is 6.85. The number of ether oxygens (including phenoxy) is 2. The summed E-state index contributed by atoms with van der Waals surface area (Å²) >= 11 is 0. The van der Waals surface area contributed by atoms with Crippen molar-refractivity contribution < 1.29 is 23.9 Å². The van der Waals surface area contributed by atoms with Gasteiger partial charge in [0, 0.05) is 53.4 Å². The monoisotopic (exact) mass is 515 g/mol. The Labute approximate surface area is 221 Å². The van der Waals surface area contributed by atoms with Crippen molar-refractivity contribution >= 4 is 17.8 Å². The standard InChI is InChI=1S/C29H45N3O5/c1-26(2)14-21(15-27(3,4)30-26)36-23(33)18-32(25(35)20-12-10-9-11-13-20)19-24(34)37-22-16-28(5,6)31-29(7,8)17-22/h9-13,21-22,30-31H,14-19H2,1-8H3. The zero-order chi connectivity index (χ0) is 27.6. The summed E-state index contributed by atoms with van der Waals surface area (Å²) < 4.78 is 11.7. The first-order chi connectivity index (χ1) is 16.9. The van der Waals surface area contributed by atoms with E-state index in [4.69, 9.17) is 9.47 Å². The molecule has 1 aromatic rings. The number of nitrogens with zero attached hydrogens (tertiary/aromatic N) is 1. The Hall–Kier alpha value is -2.45. The van der Waals surface area contributed by atoms with E-state index in [2.05, 4.69) is 66.0 Å². The third kappa shape index (κ3) is 8.82. The zero-order valence-electron chi connectivity index (χ0n) is 23.8. The Balaban J connectivity index is 1.70. The van der Waals surface area contributed by atoms with Crippen molar-refractivity contribution in [2.45, 2.75) is 115 Å². The lowest BCUT2D eigenvalue weighted by Gasteiger charge is -2.46. The number of esters is 2. The smallest absolute Gasteiger partial charge is 0.325 e. The van der Waals surface area contributed by atoms with Crippen LogP contribution in [0.1, 0.15) is 91.4 Å².